The molecule has 0 radical (unpaired) electrons. The molecule has 1 saturated carbocycles. The summed E-state index contributed by atoms with van der Waals surface area (Å²) in [5.74, 6) is -0.0601. The molecule has 0 saturated heterocycles. The quantitative estimate of drug-likeness (QED) is 0.292. The Morgan fingerprint density at radius 1 is 0.946 bits per heavy atom. The highest BCUT2D eigenvalue weighted by molar-refractivity contribution is 5.86. The first-order valence-electron chi connectivity index (χ1n) is 11.9. The molecule has 1 unspecified atom stereocenters. The second-order valence-corrected chi connectivity index (χ2v) is 8.92. The maximum atomic E-state index is 12.5. The van der Waals surface area contributed by atoms with Gasteiger partial charge in [0.05, 0.1) is 11.6 Å². The molecule has 3 aromatic carbocycles. The third-order valence-corrected chi connectivity index (χ3v) is 6.46. The molecule has 0 aliphatic heterocycles. The predicted octanol–water partition coefficient (Wildman–Crippen LogP) is 6.36. The van der Waals surface area contributed by atoms with Gasteiger partial charge in [-0.05, 0) is 54.2 Å². The van der Waals surface area contributed by atoms with Crippen molar-refractivity contribution < 1.29 is 24.2 Å². The first-order valence-corrected chi connectivity index (χ1v) is 11.9. The van der Waals surface area contributed by atoms with Crippen LogP contribution in [0.15, 0.2) is 91.4 Å². The fourth-order valence-electron chi connectivity index (χ4n) is 4.14. The van der Waals surface area contributed by atoms with E-state index in [2.05, 4.69) is 15.3 Å². The summed E-state index contributed by atoms with van der Waals surface area (Å²) in [4.78, 5) is 32.1. The average Bonchev–Trinajstić information content (AvgIpc) is 3.73. The van der Waals surface area contributed by atoms with Crippen molar-refractivity contribution >= 4 is 17.7 Å². The maximum Gasteiger partial charge on any atom is 0.412 e. The molecule has 0 bridgehead atoms. The molecule has 5 rings (SSSR count). The van der Waals surface area contributed by atoms with Crippen LogP contribution in [0.3, 0.4) is 0 Å². The molecular weight excluding hydrogens is 470 g/mol. The molecule has 8 nitrogen and oxygen atoms in total. The molecule has 186 valence electrons. The Morgan fingerprint density at radius 3 is 2.22 bits per heavy atom. The molecule has 1 amide bonds. The normalized spacial score (nSPS) is 14.3. The Bertz CT molecular complexity index is 1400. The standard InChI is InChI=1S/C29H25N3O5/c1-19(20-5-3-2-4-6-20)36-28(35)32-25-17-30-18-31-26(25)37-24-13-9-22(10-14-24)21-7-11-23(12-8-21)29(15-16-29)27(33)34/h2-14,17-19H,15-16H2,1H3,(H,32,35)(H,33,34). The number of carboxylic acids is 1. The van der Waals surface area contributed by atoms with Gasteiger partial charge in [-0.1, -0.05) is 66.7 Å². The molecular formula is C29H25N3O5. The van der Waals surface area contributed by atoms with Crippen LogP contribution in [-0.4, -0.2) is 27.1 Å². The number of aliphatic carboxylic acids is 1. The van der Waals surface area contributed by atoms with Crippen molar-refractivity contribution in [3.8, 4) is 22.8 Å². The first-order chi connectivity index (χ1) is 17.9. The van der Waals surface area contributed by atoms with Crippen molar-refractivity contribution in [2.24, 2.45) is 0 Å². The van der Waals surface area contributed by atoms with Crippen LogP contribution in [0.5, 0.6) is 11.6 Å². The van der Waals surface area contributed by atoms with E-state index in [0.29, 0.717) is 18.6 Å². The summed E-state index contributed by atoms with van der Waals surface area (Å²) in [7, 11) is 0. The van der Waals surface area contributed by atoms with Gasteiger partial charge in [-0.2, -0.15) is 4.98 Å². The average molecular weight is 496 g/mol. The van der Waals surface area contributed by atoms with Gasteiger partial charge in [0, 0.05) is 0 Å². The number of ether oxygens (including phenoxy) is 2. The Labute approximate surface area is 213 Å². The van der Waals surface area contributed by atoms with E-state index in [1.54, 1.807) is 19.1 Å². The van der Waals surface area contributed by atoms with Crippen LogP contribution in [0.2, 0.25) is 0 Å². The number of anilines is 1. The second-order valence-electron chi connectivity index (χ2n) is 8.92. The van der Waals surface area contributed by atoms with Crippen LogP contribution in [-0.2, 0) is 14.9 Å². The molecule has 1 heterocycles. The molecule has 2 N–H and O–H groups in total. The van der Waals surface area contributed by atoms with Crippen molar-refractivity contribution in [3.05, 3.63) is 103 Å². The van der Waals surface area contributed by atoms with E-state index in [0.717, 1.165) is 22.3 Å². The zero-order valence-corrected chi connectivity index (χ0v) is 20.1. The third-order valence-electron chi connectivity index (χ3n) is 6.46. The third kappa shape index (κ3) is 5.28. The van der Waals surface area contributed by atoms with Crippen molar-refractivity contribution in [1.82, 2.24) is 9.97 Å². The Hall–Kier alpha value is -4.72. The number of hydrogen-bond acceptors (Lipinski definition) is 6. The fourth-order valence-corrected chi connectivity index (χ4v) is 4.14. The zero-order valence-electron chi connectivity index (χ0n) is 20.1. The molecule has 1 atom stereocenters. The number of carboxylic acid groups (broad SMARTS) is 1. The Balaban J connectivity index is 1.24. The smallest absolute Gasteiger partial charge is 0.412 e. The molecule has 4 aromatic rings. The van der Waals surface area contributed by atoms with E-state index in [4.69, 9.17) is 9.47 Å². The number of rotatable bonds is 8. The summed E-state index contributed by atoms with van der Waals surface area (Å²) >= 11 is 0. The lowest BCUT2D eigenvalue weighted by Gasteiger charge is -2.15. The molecule has 0 spiro atoms. The van der Waals surface area contributed by atoms with Crippen LogP contribution >= 0.6 is 0 Å². The number of nitrogens with one attached hydrogen (secondary N) is 1. The number of carbonyl (C=O) groups excluding carboxylic acids is 1. The highest BCUT2D eigenvalue weighted by Crippen LogP contribution is 2.48. The minimum absolute atomic E-state index is 0.180. The number of benzene rings is 3. The van der Waals surface area contributed by atoms with Gasteiger partial charge in [-0.15, -0.1) is 0 Å². The fraction of sp³-hybridized carbons (Fsp3) is 0.172. The number of hydrogen-bond donors (Lipinski definition) is 2. The lowest BCUT2D eigenvalue weighted by Crippen LogP contribution is -2.19. The van der Waals surface area contributed by atoms with E-state index < -0.39 is 23.6 Å². The maximum absolute atomic E-state index is 12.5. The lowest BCUT2D eigenvalue weighted by molar-refractivity contribution is -0.140. The van der Waals surface area contributed by atoms with E-state index in [1.165, 1.54) is 12.5 Å². The topological polar surface area (TPSA) is 111 Å². The zero-order chi connectivity index (χ0) is 25.8. The summed E-state index contributed by atoms with van der Waals surface area (Å²) < 4.78 is 11.4. The van der Waals surface area contributed by atoms with Crippen LogP contribution < -0.4 is 10.1 Å². The van der Waals surface area contributed by atoms with Crippen molar-refractivity contribution in [2.45, 2.75) is 31.3 Å². The number of nitrogens with zero attached hydrogens (tertiary/aromatic N) is 2. The summed E-state index contributed by atoms with van der Waals surface area (Å²) in [6.45, 7) is 1.79. The van der Waals surface area contributed by atoms with Crippen LogP contribution in [0.25, 0.3) is 11.1 Å². The Morgan fingerprint density at radius 2 is 1.59 bits per heavy atom. The SMILES string of the molecule is CC(OC(=O)Nc1cncnc1Oc1ccc(-c2ccc(C3(C(=O)O)CC3)cc2)cc1)c1ccccc1. The number of aromatic nitrogens is 2. The van der Waals surface area contributed by atoms with Crippen LogP contribution in [0, 0.1) is 0 Å². The van der Waals surface area contributed by atoms with Gasteiger partial charge in [-0.3, -0.25) is 10.1 Å². The molecule has 8 heteroatoms. The van der Waals surface area contributed by atoms with Gasteiger partial charge in [-0.25, -0.2) is 9.78 Å². The second kappa shape index (κ2) is 10.1. The monoisotopic (exact) mass is 495 g/mol. The highest BCUT2D eigenvalue weighted by Gasteiger charge is 2.51. The van der Waals surface area contributed by atoms with E-state index >= 15 is 0 Å². The minimum Gasteiger partial charge on any atom is -0.481 e. The van der Waals surface area contributed by atoms with E-state index in [1.807, 2.05) is 66.7 Å². The molecule has 1 aromatic heterocycles. The van der Waals surface area contributed by atoms with E-state index in [-0.39, 0.29) is 11.6 Å². The lowest BCUT2D eigenvalue weighted by atomic mass is 9.94. The van der Waals surface area contributed by atoms with Crippen LogP contribution in [0.1, 0.15) is 37.0 Å². The summed E-state index contributed by atoms with van der Waals surface area (Å²) in [6, 6.07) is 24.5. The van der Waals surface area contributed by atoms with Crippen molar-refractivity contribution in [2.75, 3.05) is 5.32 Å². The molecule has 1 fully saturated rings. The first kappa shape index (κ1) is 24.0. The van der Waals surface area contributed by atoms with Crippen LogP contribution in [0.4, 0.5) is 10.5 Å². The molecule has 1 aliphatic rings. The summed E-state index contributed by atoms with van der Waals surface area (Å²) in [5, 5.41) is 12.1. The van der Waals surface area contributed by atoms with Crippen molar-refractivity contribution in [1.29, 1.82) is 0 Å². The van der Waals surface area contributed by atoms with Gasteiger partial charge in [0.25, 0.3) is 0 Å². The number of carbonyl (C=O) groups is 2. The Kier molecular flexibility index (Phi) is 6.55. The highest BCUT2D eigenvalue weighted by atomic mass is 16.6. The minimum atomic E-state index is -0.765. The van der Waals surface area contributed by atoms with Crippen molar-refractivity contribution in [3.63, 3.8) is 0 Å². The number of amides is 1. The molecule has 1 aliphatic carbocycles. The van der Waals surface area contributed by atoms with Gasteiger partial charge < -0.3 is 14.6 Å². The predicted molar refractivity (Wildman–Crippen MR) is 137 cm³/mol. The van der Waals surface area contributed by atoms with Gasteiger partial charge in [0.15, 0.2) is 0 Å². The van der Waals surface area contributed by atoms with Gasteiger partial charge in [0.2, 0.25) is 5.88 Å². The van der Waals surface area contributed by atoms with Gasteiger partial charge >= 0.3 is 12.1 Å². The molecule has 37 heavy (non-hydrogen) atoms. The van der Waals surface area contributed by atoms with Gasteiger partial charge in [0.1, 0.15) is 23.9 Å². The summed E-state index contributed by atoms with van der Waals surface area (Å²) in [6.07, 6.45) is 3.05. The largest absolute Gasteiger partial charge is 0.481 e. The van der Waals surface area contributed by atoms with E-state index in [9.17, 15) is 14.7 Å². The summed E-state index contributed by atoms with van der Waals surface area (Å²) in [5.41, 5.74) is 3.20.